The zero-order chi connectivity index (χ0) is 21.0. The molecule has 0 bridgehead atoms. The lowest BCUT2D eigenvalue weighted by molar-refractivity contribution is -0.122. The lowest BCUT2D eigenvalue weighted by Gasteiger charge is -2.42. The maximum Gasteiger partial charge on any atom is 0.253 e. The molecular formula is C23H27ClN2O3. The van der Waals surface area contributed by atoms with Gasteiger partial charge in [0.05, 0.1) is 6.61 Å². The van der Waals surface area contributed by atoms with E-state index in [2.05, 4.69) is 0 Å². The van der Waals surface area contributed by atoms with Gasteiger partial charge in [0.15, 0.2) is 0 Å². The number of halogens is 1. The number of carbonyl (C=O) groups is 2. The minimum Gasteiger partial charge on any atom is -0.493 e. The van der Waals surface area contributed by atoms with Crippen molar-refractivity contribution in [1.29, 1.82) is 0 Å². The highest BCUT2D eigenvalue weighted by atomic mass is 35.5. The molecule has 2 aromatic carbocycles. The number of nitrogens with two attached hydrogens (primary N) is 1. The predicted molar refractivity (Wildman–Crippen MR) is 114 cm³/mol. The number of piperidine rings is 1. The molecule has 2 aromatic rings. The number of aryl methyl sites for hydroxylation is 2. The Labute approximate surface area is 176 Å². The zero-order valence-corrected chi connectivity index (χ0v) is 17.7. The van der Waals surface area contributed by atoms with Gasteiger partial charge >= 0.3 is 0 Å². The quantitative estimate of drug-likeness (QED) is 0.772. The maximum absolute atomic E-state index is 13.0. The molecule has 1 fully saturated rings. The number of ether oxygens (including phenoxy) is 1. The van der Waals surface area contributed by atoms with Crippen LogP contribution in [0, 0.1) is 19.3 Å². The van der Waals surface area contributed by atoms with E-state index >= 15 is 0 Å². The van der Waals surface area contributed by atoms with Gasteiger partial charge in [-0.25, -0.2) is 0 Å². The summed E-state index contributed by atoms with van der Waals surface area (Å²) in [5, 5.41) is 0.678. The highest BCUT2D eigenvalue weighted by molar-refractivity contribution is 6.31. The number of nitrogens with zero attached hydrogens (tertiary/aromatic N) is 1. The third-order valence-electron chi connectivity index (χ3n) is 5.47. The second-order valence-electron chi connectivity index (χ2n) is 8.04. The van der Waals surface area contributed by atoms with E-state index in [9.17, 15) is 9.59 Å². The molecule has 0 aliphatic carbocycles. The summed E-state index contributed by atoms with van der Waals surface area (Å²) in [6.07, 6.45) is 1.76. The topological polar surface area (TPSA) is 72.6 Å². The summed E-state index contributed by atoms with van der Waals surface area (Å²) in [7, 11) is 0. The highest BCUT2D eigenvalue weighted by Gasteiger charge is 2.39. The summed E-state index contributed by atoms with van der Waals surface area (Å²) in [6.45, 7) is 5.32. The molecule has 2 N–H and O–H groups in total. The van der Waals surface area contributed by atoms with Crippen molar-refractivity contribution in [1.82, 2.24) is 4.90 Å². The molecule has 0 spiro atoms. The highest BCUT2D eigenvalue weighted by Crippen LogP contribution is 2.35. The summed E-state index contributed by atoms with van der Waals surface area (Å²) in [5.41, 5.74) is 7.74. The van der Waals surface area contributed by atoms with E-state index in [0.717, 1.165) is 24.0 Å². The maximum atomic E-state index is 13.0. The van der Waals surface area contributed by atoms with Gasteiger partial charge in [-0.3, -0.25) is 9.59 Å². The first-order valence-electron chi connectivity index (χ1n) is 9.81. The molecule has 1 aliphatic heterocycles. The third-order valence-corrected chi connectivity index (χ3v) is 5.89. The number of hydrogen-bond acceptors (Lipinski definition) is 3. The van der Waals surface area contributed by atoms with E-state index in [1.54, 1.807) is 6.07 Å². The molecule has 0 aromatic heterocycles. The van der Waals surface area contributed by atoms with E-state index in [1.807, 2.05) is 55.1 Å². The smallest absolute Gasteiger partial charge is 0.253 e. The summed E-state index contributed by atoms with van der Waals surface area (Å²) < 4.78 is 6.03. The van der Waals surface area contributed by atoms with Gasteiger partial charge in [0.25, 0.3) is 5.91 Å². The fraction of sp³-hybridized carbons (Fsp3) is 0.391. The Balaban J connectivity index is 1.77. The van der Waals surface area contributed by atoms with Crippen molar-refractivity contribution in [2.24, 2.45) is 11.1 Å². The second kappa shape index (κ2) is 8.87. The SMILES string of the molecule is Cc1ccc(C(=O)N2CCC[C@@](COc3ccc(Cl)c(C)c3)(CC(N)=O)C2)cc1. The number of rotatable bonds is 6. The first kappa shape index (κ1) is 21.2. The molecule has 0 radical (unpaired) electrons. The van der Waals surface area contributed by atoms with E-state index in [0.29, 0.717) is 36.0 Å². The minimum absolute atomic E-state index is 0.0270. The summed E-state index contributed by atoms with van der Waals surface area (Å²) >= 11 is 6.09. The average Bonchev–Trinajstić information content (AvgIpc) is 2.69. The van der Waals surface area contributed by atoms with Gasteiger partial charge in [-0.15, -0.1) is 0 Å². The van der Waals surface area contributed by atoms with E-state index in [1.165, 1.54) is 0 Å². The molecule has 154 valence electrons. The predicted octanol–water partition coefficient (Wildman–Crippen LogP) is 4.13. The van der Waals surface area contributed by atoms with E-state index < -0.39 is 5.41 Å². The minimum atomic E-state index is -0.502. The molecule has 1 saturated heterocycles. The Bertz CT molecular complexity index is 897. The van der Waals surface area contributed by atoms with Crippen LogP contribution >= 0.6 is 11.6 Å². The van der Waals surface area contributed by atoms with Crippen LogP contribution in [0.5, 0.6) is 5.75 Å². The van der Waals surface area contributed by atoms with Gasteiger partial charge < -0.3 is 15.4 Å². The standard InChI is InChI=1S/C23H27ClN2O3/c1-16-4-6-18(7-5-16)22(28)26-11-3-10-23(14-26,13-21(25)27)15-29-19-8-9-20(24)17(2)12-19/h4-9,12H,3,10-11,13-15H2,1-2H3,(H2,25,27)/t23-/m1/s1. The molecule has 29 heavy (non-hydrogen) atoms. The van der Waals surface area contributed by atoms with Crippen molar-refractivity contribution in [2.75, 3.05) is 19.7 Å². The number of benzene rings is 2. The Morgan fingerprint density at radius 3 is 2.55 bits per heavy atom. The van der Waals surface area contributed by atoms with Crippen LogP contribution < -0.4 is 10.5 Å². The van der Waals surface area contributed by atoms with Crippen molar-refractivity contribution in [3.63, 3.8) is 0 Å². The molecular weight excluding hydrogens is 388 g/mol. The summed E-state index contributed by atoms with van der Waals surface area (Å²) in [6, 6.07) is 13.0. The lowest BCUT2D eigenvalue weighted by Crippen LogP contribution is -2.50. The van der Waals surface area contributed by atoms with Crippen LogP contribution in [-0.2, 0) is 4.79 Å². The molecule has 1 heterocycles. The first-order valence-corrected chi connectivity index (χ1v) is 10.2. The van der Waals surface area contributed by atoms with E-state index in [-0.39, 0.29) is 18.2 Å². The van der Waals surface area contributed by atoms with E-state index in [4.69, 9.17) is 22.1 Å². The van der Waals surface area contributed by atoms with Crippen LogP contribution in [0.15, 0.2) is 42.5 Å². The molecule has 0 unspecified atom stereocenters. The van der Waals surface area contributed by atoms with Crippen molar-refractivity contribution in [2.45, 2.75) is 33.1 Å². The van der Waals surface area contributed by atoms with Crippen molar-refractivity contribution < 1.29 is 14.3 Å². The molecule has 3 rings (SSSR count). The number of carbonyl (C=O) groups excluding carboxylic acids is 2. The van der Waals surface area contributed by atoms with Gasteiger partial charge in [0.1, 0.15) is 5.75 Å². The molecule has 1 aliphatic rings. The van der Waals surface area contributed by atoms with Crippen LogP contribution in [0.4, 0.5) is 0 Å². The molecule has 6 heteroatoms. The third kappa shape index (κ3) is 5.30. The van der Waals surface area contributed by atoms with Crippen LogP contribution in [0.2, 0.25) is 5.02 Å². The zero-order valence-electron chi connectivity index (χ0n) is 16.9. The number of primary amides is 1. The fourth-order valence-corrected chi connectivity index (χ4v) is 4.00. The Morgan fingerprint density at radius 2 is 1.90 bits per heavy atom. The van der Waals surface area contributed by atoms with Crippen LogP contribution in [0.3, 0.4) is 0 Å². The Morgan fingerprint density at radius 1 is 1.17 bits per heavy atom. The average molecular weight is 415 g/mol. The normalized spacial score (nSPS) is 19.1. The molecule has 1 atom stereocenters. The second-order valence-corrected chi connectivity index (χ2v) is 8.45. The van der Waals surface area contributed by atoms with Gasteiger partial charge in [-0.2, -0.15) is 0 Å². The van der Waals surface area contributed by atoms with Gasteiger partial charge in [0, 0.05) is 35.5 Å². The molecule has 0 saturated carbocycles. The van der Waals surface area contributed by atoms with Crippen LogP contribution in [0.25, 0.3) is 0 Å². The first-order chi connectivity index (χ1) is 13.8. The lowest BCUT2D eigenvalue weighted by atomic mass is 9.77. The Hall–Kier alpha value is -2.53. The number of likely N-dealkylation sites (tertiary alicyclic amines) is 1. The largest absolute Gasteiger partial charge is 0.493 e. The van der Waals surface area contributed by atoms with Gasteiger partial charge in [-0.05, 0) is 62.6 Å². The van der Waals surface area contributed by atoms with Gasteiger partial charge in [0.2, 0.25) is 5.91 Å². The number of amides is 2. The molecule has 5 nitrogen and oxygen atoms in total. The van der Waals surface area contributed by atoms with Crippen molar-refractivity contribution in [3.8, 4) is 5.75 Å². The van der Waals surface area contributed by atoms with Crippen molar-refractivity contribution in [3.05, 3.63) is 64.2 Å². The van der Waals surface area contributed by atoms with Gasteiger partial charge in [-0.1, -0.05) is 29.3 Å². The van der Waals surface area contributed by atoms with Crippen LogP contribution in [-0.4, -0.2) is 36.4 Å². The fourth-order valence-electron chi connectivity index (χ4n) is 3.89. The monoisotopic (exact) mass is 414 g/mol. The summed E-state index contributed by atoms with van der Waals surface area (Å²) in [5.74, 6) is 0.282. The van der Waals surface area contributed by atoms with Crippen molar-refractivity contribution >= 4 is 23.4 Å². The summed E-state index contributed by atoms with van der Waals surface area (Å²) in [4.78, 5) is 26.6. The molecule has 2 amide bonds. The van der Waals surface area contributed by atoms with Crippen LogP contribution in [0.1, 0.15) is 40.7 Å². The number of hydrogen-bond donors (Lipinski definition) is 1. The Kier molecular flexibility index (Phi) is 6.48.